The Morgan fingerprint density at radius 2 is 2.27 bits per heavy atom. The van der Waals surface area contributed by atoms with Crippen molar-refractivity contribution in [3.63, 3.8) is 0 Å². The lowest BCUT2D eigenvalue weighted by Crippen LogP contribution is -2.22. The summed E-state index contributed by atoms with van der Waals surface area (Å²) in [6.07, 6.45) is 0.0451. The number of Topliss-reactive ketones (excluding diaryl/α,β-unsaturated/α-hetero) is 1. The zero-order valence-corrected chi connectivity index (χ0v) is 9.07. The third kappa shape index (κ3) is 1.92. The van der Waals surface area contributed by atoms with E-state index in [1.54, 1.807) is 6.07 Å². The molecule has 0 radical (unpaired) electrons. The number of hydrogen-bond donors (Lipinski definition) is 0. The SMILES string of the molecule is O=C1CC(C(=O)Cl)Sc2c(F)cccc21. The normalized spacial score (nSPS) is 19.9. The summed E-state index contributed by atoms with van der Waals surface area (Å²) < 4.78 is 13.4. The van der Waals surface area contributed by atoms with Crippen LogP contribution in [0, 0.1) is 5.82 Å². The fourth-order valence-corrected chi connectivity index (χ4v) is 2.75. The van der Waals surface area contributed by atoms with Crippen LogP contribution in [0.25, 0.3) is 0 Å². The largest absolute Gasteiger partial charge is 0.294 e. The van der Waals surface area contributed by atoms with Crippen LogP contribution in [-0.4, -0.2) is 16.3 Å². The van der Waals surface area contributed by atoms with Gasteiger partial charge in [-0.2, -0.15) is 0 Å². The Labute approximate surface area is 94.8 Å². The van der Waals surface area contributed by atoms with Gasteiger partial charge in [-0.15, -0.1) is 11.8 Å². The zero-order chi connectivity index (χ0) is 11.0. The van der Waals surface area contributed by atoms with Crippen molar-refractivity contribution in [2.24, 2.45) is 0 Å². The number of hydrogen-bond acceptors (Lipinski definition) is 3. The van der Waals surface area contributed by atoms with Gasteiger partial charge >= 0.3 is 0 Å². The number of halogens is 2. The maximum atomic E-state index is 13.4. The predicted molar refractivity (Wildman–Crippen MR) is 55.9 cm³/mol. The summed E-state index contributed by atoms with van der Waals surface area (Å²) in [5.74, 6) is -0.712. The molecule has 2 rings (SSSR count). The second-order valence-electron chi connectivity index (χ2n) is 3.15. The Kier molecular flexibility index (Phi) is 2.80. The lowest BCUT2D eigenvalue weighted by Gasteiger charge is -2.20. The molecule has 0 N–H and O–H groups in total. The molecule has 15 heavy (non-hydrogen) atoms. The zero-order valence-electron chi connectivity index (χ0n) is 7.50. The Balaban J connectivity index is 2.46. The summed E-state index contributed by atoms with van der Waals surface area (Å²) in [5, 5.41) is -1.27. The van der Waals surface area contributed by atoms with E-state index in [-0.39, 0.29) is 17.1 Å². The Bertz CT molecular complexity index is 447. The molecule has 0 saturated heterocycles. The van der Waals surface area contributed by atoms with E-state index in [9.17, 15) is 14.0 Å². The topological polar surface area (TPSA) is 34.1 Å². The molecule has 0 aromatic heterocycles. The van der Waals surface area contributed by atoms with Gasteiger partial charge in [0.25, 0.3) is 0 Å². The maximum Gasteiger partial charge on any atom is 0.235 e. The summed E-state index contributed by atoms with van der Waals surface area (Å²) in [5.41, 5.74) is 0.342. The standard InChI is InChI=1S/C10H6ClFO2S/c11-10(14)8-4-7(13)5-2-1-3-6(12)9(5)15-8/h1-3,8H,4H2. The minimum absolute atomic E-state index is 0.0451. The van der Waals surface area contributed by atoms with Crippen LogP contribution in [0.3, 0.4) is 0 Å². The smallest absolute Gasteiger partial charge is 0.235 e. The van der Waals surface area contributed by atoms with Gasteiger partial charge in [0.2, 0.25) is 5.24 Å². The van der Waals surface area contributed by atoms with Crippen LogP contribution in [-0.2, 0) is 4.79 Å². The molecule has 0 aliphatic carbocycles. The first-order chi connectivity index (χ1) is 7.09. The minimum Gasteiger partial charge on any atom is -0.294 e. The van der Waals surface area contributed by atoms with Crippen LogP contribution in [0.5, 0.6) is 0 Å². The van der Waals surface area contributed by atoms with Crippen LogP contribution in [0.4, 0.5) is 4.39 Å². The molecular formula is C10H6ClFO2S. The van der Waals surface area contributed by atoms with Crippen molar-refractivity contribution < 1.29 is 14.0 Å². The molecule has 0 fully saturated rings. The van der Waals surface area contributed by atoms with E-state index < -0.39 is 16.3 Å². The minimum atomic E-state index is -0.663. The van der Waals surface area contributed by atoms with E-state index in [4.69, 9.17) is 11.6 Å². The number of benzene rings is 1. The molecule has 1 heterocycles. The molecule has 0 spiro atoms. The van der Waals surface area contributed by atoms with Crippen LogP contribution in [0.2, 0.25) is 0 Å². The van der Waals surface area contributed by atoms with Crippen molar-refractivity contribution in [2.45, 2.75) is 16.6 Å². The van der Waals surface area contributed by atoms with Gasteiger partial charge in [-0.1, -0.05) is 12.1 Å². The van der Waals surface area contributed by atoms with Gasteiger partial charge in [0, 0.05) is 12.0 Å². The quantitative estimate of drug-likeness (QED) is 0.713. The van der Waals surface area contributed by atoms with Gasteiger partial charge in [0.1, 0.15) is 5.82 Å². The first kappa shape index (κ1) is 10.6. The summed E-state index contributed by atoms with van der Waals surface area (Å²) in [6, 6.07) is 4.30. The molecule has 5 heteroatoms. The van der Waals surface area contributed by atoms with Crippen molar-refractivity contribution in [3.8, 4) is 0 Å². The highest BCUT2D eigenvalue weighted by molar-refractivity contribution is 8.01. The van der Waals surface area contributed by atoms with Gasteiger partial charge in [-0.05, 0) is 17.7 Å². The van der Waals surface area contributed by atoms with Crippen LogP contribution < -0.4 is 0 Å². The molecule has 1 atom stereocenters. The number of carbonyl (C=O) groups is 2. The molecule has 0 saturated carbocycles. The van der Waals surface area contributed by atoms with E-state index in [1.807, 2.05) is 0 Å². The van der Waals surface area contributed by atoms with Crippen LogP contribution in [0.1, 0.15) is 16.8 Å². The lowest BCUT2D eigenvalue weighted by atomic mass is 10.1. The first-order valence-corrected chi connectivity index (χ1v) is 5.53. The fourth-order valence-electron chi connectivity index (χ4n) is 1.44. The molecule has 1 unspecified atom stereocenters. The van der Waals surface area contributed by atoms with Gasteiger partial charge in [0.05, 0.1) is 10.1 Å². The van der Waals surface area contributed by atoms with Crippen LogP contribution >= 0.6 is 23.4 Å². The predicted octanol–water partition coefficient (Wildman–Crippen LogP) is 2.64. The van der Waals surface area contributed by atoms with E-state index in [1.165, 1.54) is 12.1 Å². The number of fused-ring (bicyclic) bond motifs is 1. The molecule has 1 aromatic carbocycles. The van der Waals surface area contributed by atoms with Crippen molar-refractivity contribution in [1.82, 2.24) is 0 Å². The Hall–Kier alpha value is -0.870. The molecule has 1 aliphatic heterocycles. The van der Waals surface area contributed by atoms with Crippen LogP contribution in [0.15, 0.2) is 23.1 Å². The van der Waals surface area contributed by atoms with Crippen molar-refractivity contribution >= 4 is 34.4 Å². The summed E-state index contributed by atoms with van der Waals surface area (Å²) in [6.45, 7) is 0. The number of rotatable bonds is 1. The molecule has 1 aliphatic rings. The monoisotopic (exact) mass is 244 g/mol. The van der Waals surface area contributed by atoms with E-state index >= 15 is 0 Å². The lowest BCUT2D eigenvalue weighted by molar-refractivity contribution is -0.111. The maximum absolute atomic E-state index is 13.4. The molecule has 0 amide bonds. The average Bonchev–Trinajstić information content (AvgIpc) is 2.19. The average molecular weight is 245 g/mol. The Morgan fingerprint density at radius 1 is 1.53 bits per heavy atom. The number of carbonyl (C=O) groups excluding carboxylic acids is 2. The summed E-state index contributed by atoms with van der Waals surface area (Å²) in [4.78, 5) is 22.7. The second-order valence-corrected chi connectivity index (χ2v) is 4.74. The third-order valence-electron chi connectivity index (χ3n) is 2.15. The highest BCUT2D eigenvalue weighted by atomic mass is 35.5. The Morgan fingerprint density at radius 3 is 2.93 bits per heavy atom. The van der Waals surface area contributed by atoms with Gasteiger partial charge in [-0.25, -0.2) is 4.39 Å². The van der Waals surface area contributed by atoms with E-state index in [0.717, 1.165) is 11.8 Å². The van der Waals surface area contributed by atoms with Gasteiger partial charge in [-0.3, -0.25) is 9.59 Å². The molecular weight excluding hydrogens is 239 g/mol. The van der Waals surface area contributed by atoms with Crippen molar-refractivity contribution in [1.29, 1.82) is 0 Å². The van der Waals surface area contributed by atoms with Gasteiger partial charge in [0.15, 0.2) is 5.78 Å². The highest BCUT2D eigenvalue weighted by Gasteiger charge is 2.31. The molecule has 0 bridgehead atoms. The third-order valence-corrected chi connectivity index (χ3v) is 3.86. The van der Waals surface area contributed by atoms with Crippen molar-refractivity contribution in [3.05, 3.63) is 29.6 Å². The molecule has 2 nitrogen and oxygen atoms in total. The van der Waals surface area contributed by atoms with Crippen molar-refractivity contribution in [2.75, 3.05) is 0 Å². The molecule has 1 aromatic rings. The highest BCUT2D eigenvalue weighted by Crippen LogP contribution is 2.37. The number of thioether (sulfide) groups is 1. The second kappa shape index (κ2) is 3.94. The molecule has 78 valence electrons. The fraction of sp³-hybridized carbons (Fsp3) is 0.200. The number of ketones is 1. The van der Waals surface area contributed by atoms with Gasteiger partial charge < -0.3 is 0 Å². The summed E-state index contributed by atoms with van der Waals surface area (Å²) >= 11 is 6.32. The van der Waals surface area contributed by atoms with E-state index in [2.05, 4.69) is 0 Å². The first-order valence-electron chi connectivity index (χ1n) is 4.27. The van der Waals surface area contributed by atoms with E-state index in [0.29, 0.717) is 5.56 Å². The summed E-state index contributed by atoms with van der Waals surface area (Å²) in [7, 11) is 0.